The molecule has 12 heteroatoms. The van der Waals surface area contributed by atoms with Crippen molar-refractivity contribution in [1.29, 1.82) is 0 Å². The summed E-state index contributed by atoms with van der Waals surface area (Å²) in [5.74, 6) is 0.194. The minimum atomic E-state index is -0.577. The molecule has 0 aliphatic heterocycles. The first-order chi connectivity index (χ1) is 18.1. The maximum atomic E-state index is 13.0. The van der Waals surface area contributed by atoms with Gasteiger partial charge in [-0.05, 0) is 45.7 Å². The van der Waals surface area contributed by atoms with Crippen molar-refractivity contribution >= 4 is 29.5 Å². The molecular formula is C25H19ClN8O3. The molecule has 0 radical (unpaired) electrons. The summed E-state index contributed by atoms with van der Waals surface area (Å²) >= 11 is 5.92. The number of aromatic nitrogens is 5. The number of ether oxygens (including phenoxy) is 1. The normalized spacial score (nSPS) is 11.1. The number of hydrogen-bond acceptors (Lipinski definition) is 9. The number of nitrogens with two attached hydrogens (primary N) is 1. The van der Waals surface area contributed by atoms with E-state index in [1.807, 2.05) is 60.7 Å². The highest BCUT2D eigenvalue weighted by Gasteiger charge is 2.24. The van der Waals surface area contributed by atoms with Gasteiger partial charge in [-0.2, -0.15) is 9.78 Å². The van der Waals surface area contributed by atoms with Crippen LogP contribution in [0.2, 0.25) is 5.02 Å². The SMILES string of the molecule is Nc1nonc1-n1nnc(C(=O)N/N=C/c2cccc(OCc3ccc(Cl)cc3)c2)c1-c1ccccc1. The van der Waals surface area contributed by atoms with E-state index in [9.17, 15) is 4.79 Å². The third-order valence-corrected chi connectivity index (χ3v) is 5.44. The maximum absolute atomic E-state index is 13.0. The molecule has 0 aliphatic carbocycles. The minimum Gasteiger partial charge on any atom is -0.489 e. The lowest BCUT2D eigenvalue weighted by Crippen LogP contribution is -2.19. The Labute approximate surface area is 215 Å². The lowest BCUT2D eigenvalue weighted by molar-refractivity contribution is 0.0950. The highest BCUT2D eigenvalue weighted by atomic mass is 35.5. The highest BCUT2D eigenvalue weighted by molar-refractivity contribution is 6.30. The molecule has 0 saturated carbocycles. The van der Waals surface area contributed by atoms with Crippen molar-refractivity contribution in [2.75, 3.05) is 5.73 Å². The lowest BCUT2D eigenvalue weighted by Gasteiger charge is -2.07. The number of hydrazone groups is 1. The predicted molar refractivity (Wildman–Crippen MR) is 136 cm³/mol. The molecule has 184 valence electrons. The Morgan fingerprint density at radius 2 is 1.89 bits per heavy atom. The van der Waals surface area contributed by atoms with Gasteiger partial charge < -0.3 is 10.5 Å². The molecule has 2 aromatic heterocycles. The molecular weight excluding hydrogens is 496 g/mol. The van der Waals surface area contributed by atoms with E-state index in [4.69, 9.17) is 22.1 Å². The Kier molecular flexibility index (Phi) is 6.86. The summed E-state index contributed by atoms with van der Waals surface area (Å²) < 4.78 is 11.8. The van der Waals surface area contributed by atoms with E-state index in [1.54, 1.807) is 18.2 Å². The minimum absolute atomic E-state index is 0.00484. The van der Waals surface area contributed by atoms with Crippen molar-refractivity contribution in [1.82, 2.24) is 30.7 Å². The van der Waals surface area contributed by atoms with Crippen LogP contribution >= 0.6 is 11.6 Å². The van der Waals surface area contributed by atoms with Gasteiger partial charge in [0, 0.05) is 10.6 Å². The Morgan fingerprint density at radius 3 is 2.65 bits per heavy atom. The quantitative estimate of drug-likeness (QED) is 0.234. The Hall–Kier alpha value is -5.03. The van der Waals surface area contributed by atoms with Crippen LogP contribution < -0.4 is 15.9 Å². The zero-order valence-corrected chi connectivity index (χ0v) is 19.9. The number of benzene rings is 3. The number of halogens is 1. The first kappa shape index (κ1) is 23.7. The molecule has 0 aliphatic rings. The number of carbonyl (C=O) groups is 1. The van der Waals surface area contributed by atoms with Crippen molar-refractivity contribution in [3.8, 4) is 22.8 Å². The summed E-state index contributed by atoms with van der Waals surface area (Å²) in [6, 6.07) is 23.8. The number of amides is 1. The monoisotopic (exact) mass is 514 g/mol. The Balaban J connectivity index is 1.31. The van der Waals surface area contributed by atoms with Gasteiger partial charge in [0.05, 0.1) is 6.21 Å². The number of nitrogens with one attached hydrogen (secondary N) is 1. The molecule has 11 nitrogen and oxygen atoms in total. The number of carbonyl (C=O) groups excluding carboxylic acids is 1. The summed E-state index contributed by atoms with van der Waals surface area (Å²) in [5, 5.41) is 20.1. The molecule has 0 saturated heterocycles. The number of nitrogen functional groups attached to an aromatic ring is 1. The van der Waals surface area contributed by atoms with Gasteiger partial charge in [0.15, 0.2) is 5.69 Å². The Morgan fingerprint density at radius 1 is 1.08 bits per heavy atom. The predicted octanol–water partition coefficient (Wildman–Crippen LogP) is 3.90. The molecule has 1 amide bonds. The van der Waals surface area contributed by atoms with E-state index in [1.165, 1.54) is 10.9 Å². The smallest absolute Gasteiger partial charge is 0.294 e. The van der Waals surface area contributed by atoms with Crippen LogP contribution in [0.15, 0.2) is 88.6 Å². The lowest BCUT2D eigenvalue weighted by atomic mass is 10.1. The van der Waals surface area contributed by atoms with E-state index < -0.39 is 5.91 Å². The van der Waals surface area contributed by atoms with E-state index >= 15 is 0 Å². The number of nitrogens with zero attached hydrogens (tertiary/aromatic N) is 6. The van der Waals surface area contributed by atoms with Crippen molar-refractivity contribution in [2.24, 2.45) is 5.10 Å². The fourth-order valence-corrected chi connectivity index (χ4v) is 3.55. The molecule has 0 bridgehead atoms. The van der Waals surface area contributed by atoms with E-state index in [0.29, 0.717) is 28.6 Å². The van der Waals surface area contributed by atoms with Gasteiger partial charge in [-0.1, -0.05) is 71.4 Å². The summed E-state index contributed by atoms with van der Waals surface area (Å²) in [6.07, 6.45) is 1.50. The Bertz CT molecular complexity index is 1550. The standard InChI is InChI=1S/C25H19ClN8O3/c26-19-11-9-16(10-12-19)15-36-20-8-4-5-17(13-20)14-28-30-25(35)21-22(18-6-2-1-3-7-18)34(33-29-21)24-23(27)31-37-32-24/h1-14H,15H2,(H2,27,31)(H,30,35)/b28-14+. The number of rotatable bonds is 8. The fraction of sp³-hybridized carbons (Fsp3) is 0.0400. The van der Waals surface area contributed by atoms with E-state index in [-0.39, 0.29) is 17.3 Å². The molecule has 5 aromatic rings. The first-order valence-corrected chi connectivity index (χ1v) is 11.4. The zero-order chi connectivity index (χ0) is 25.6. The van der Waals surface area contributed by atoms with Crippen molar-refractivity contribution in [2.45, 2.75) is 6.61 Å². The van der Waals surface area contributed by atoms with Gasteiger partial charge in [-0.3, -0.25) is 4.79 Å². The zero-order valence-electron chi connectivity index (χ0n) is 19.2. The van der Waals surface area contributed by atoms with E-state index in [0.717, 1.165) is 11.1 Å². The van der Waals surface area contributed by atoms with Crippen LogP contribution in [0.25, 0.3) is 17.1 Å². The van der Waals surface area contributed by atoms with Gasteiger partial charge in [-0.15, -0.1) is 5.10 Å². The highest BCUT2D eigenvalue weighted by Crippen LogP contribution is 2.26. The van der Waals surface area contributed by atoms with Crippen molar-refractivity contribution in [3.05, 3.63) is 101 Å². The third-order valence-electron chi connectivity index (χ3n) is 5.19. The average molecular weight is 515 g/mol. The molecule has 0 fully saturated rings. The molecule has 3 aromatic carbocycles. The van der Waals surface area contributed by atoms with Gasteiger partial charge >= 0.3 is 0 Å². The third kappa shape index (κ3) is 5.46. The van der Waals surface area contributed by atoms with Crippen molar-refractivity contribution in [3.63, 3.8) is 0 Å². The van der Waals surface area contributed by atoms with Gasteiger partial charge in [0.25, 0.3) is 5.91 Å². The average Bonchev–Trinajstić information content (AvgIpc) is 3.55. The van der Waals surface area contributed by atoms with Gasteiger partial charge in [-0.25, -0.2) is 10.1 Å². The fourth-order valence-electron chi connectivity index (χ4n) is 3.43. The number of anilines is 1. The summed E-state index contributed by atoms with van der Waals surface area (Å²) in [6.45, 7) is 0.387. The molecule has 37 heavy (non-hydrogen) atoms. The van der Waals surface area contributed by atoms with Crippen LogP contribution in [0.3, 0.4) is 0 Å². The molecule has 2 heterocycles. The summed E-state index contributed by atoms with van der Waals surface area (Å²) in [4.78, 5) is 13.0. The van der Waals surface area contributed by atoms with Crippen LogP contribution in [0.5, 0.6) is 5.75 Å². The maximum Gasteiger partial charge on any atom is 0.294 e. The molecule has 3 N–H and O–H groups in total. The number of hydrogen-bond donors (Lipinski definition) is 2. The largest absolute Gasteiger partial charge is 0.489 e. The van der Waals surface area contributed by atoms with Crippen LogP contribution in [0, 0.1) is 0 Å². The molecule has 5 rings (SSSR count). The second-order valence-corrected chi connectivity index (χ2v) is 8.16. The van der Waals surface area contributed by atoms with Crippen LogP contribution in [-0.2, 0) is 6.61 Å². The molecule has 0 unspecified atom stereocenters. The second-order valence-electron chi connectivity index (χ2n) is 7.72. The summed E-state index contributed by atoms with van der Waals surface area (Å²) in [5.41, 5.74) is 11.1. The van der Waals surface area contributed by atoms with Gasteiger partial charge in [0.2, 0.25) is 11.6 Å². The first-order valence-electron chi connectivity index (χ1n) is 11.0. The van der Waals surface area contributed by atoms with Gasteiger partial charge in [0.1, 0.15) is 18.1 Å². The second kappa shape index (κ2) is 10.7. The van der Waals surface area contributed by atoms with Crippen LogP contribution in [-0.4, -0.2) is 37.4 Å². The molecule has 0 spiro atoms. The molecule has 0 atom stereocenters. The van der Waals surface area contributed by atoms with Crippen LogP contribution in [0.4, 0.5) is 5.82 Å². The van der Waals surface area contributed by atoms with Crippen molar-refractivity contribution < 1.29 is 14.2 Å². The van der Waals surface area contributed by atoms with Crippen LogP contribution in [0.1, 0.15) is 21.6 Å². The summed E-state index contributed by atoms with van der Waals surface area (Å²) in [7, 11) is 0. The topological polar surface area (TPSA) is 146 Å². The van der Waals surface area contributed by atoms with E-state index in [2.05, 4.69) is 35.8 Å².